The number of nitro benzene ring substituents is 1. The maximum Gasteiger partial charge on any atom is 0.271 e. The lowest BCUT2D eigenvalue weighted by Gasteiger charge is -2.08. The van der Waals surface area contributed by atoms with Gasteiger partial charge in [-0.25, -0.2) is 4.68 Å². The molecule has 0 saturated heterocycles. The lowest BCUT2D eigenvalue weighted by molar-refractivity contribution is -0.384. The summed E-state index contributed by atoms with van der Waals surface area (Å²) in [6.45, 7) is 1.85. The van der Waals surface area contributed by atoms with Crippen molar-refractivity contribution in [2.24, 2.45) is 0 Å². The van der Waals surface area contributed by atoms with E-state index in [1.54, 1.807) is 10.7 Å². The Bertz CT molecular complexity index is 740. The van der Waals surface area contributed by atoms with Gasteiger partial charge in [-0.2, -0.15) is 5.26 Å². The second kappa shape index (κ2) is 4.42. The Balaban J connectivity index is 2.18. The molecular weight excluding hydrogens is 258 g/mol. The van der Waals surface area contributed by atoms with Gasteiger partial charge in [0.2, 0.25) is 0 Å². The monoisotopic (exact) mass is 269 g/mol. The maximum absolute atomic E-state index is 10.9. The summed E-state index contributed by atoms with van der Waals surface area (Å²) in [5.74, 6) is 0.276. The zero-order valence-electron chi connectivity index (χ0n) is 10.8. The number of aryl methyl sites for hydroxylation is 1. The van der Waals surface area contributed by atoms with Crippen LogP contribution in [0.5, 0.6) is 0 Å². The summed E-state index contributed by atoms with van der Waals surface area (Å²) in [7, 11) is 0. The van der Waals surface area contributed by atoms with E-state index in [1.807, 2.05) is 13.0 Å². The van der Waals surface area contributed by atoms with Crippen LogP contribution in [0.3, 0.4) is 0 Å². The number of benzene rings is 1. The van der Waals surface area contributed by atoms with Crippen molar-refractivity contribution in [3.63, 3.8) is 0 Å². The normalized spacial score (nSPS) is 14.0. The number of hydrogen-bond acceptors (Lipinski definition) is 5. The molecule has 1 aliphatic rings. The Morgan fingerprint density at radius 1 is 1.50 bits per heavy atom. The molecule has 0 radical (unpaired) electrons. The molecule has 100 valence electrons. The Kier molecular flexibility index (Phi) is 2.71. The number of hydrogen-bond donors (Lipinski definition) is 0. The minimum atomic E-state index is -0.443. The maximum atomic E-state index is 10.9. The van der Waals surface area contributed by atoms with E-state index in [4.69, 9.17) is 5.26 Å². The average Bonchev–Trinajstić information content (AvgIpc) is 3.18. The van der Waals surface area contributed by atoms with Gasteiger partial charge in [0.05, 0.1) is 16.3 Å². The predicted octanol–water partition coefficient (Wildman–Crippen LogP) is 2.23. The van der Waals surface area contributed by atoms with Gasteiger partial charge < -0.3 is 0 Å². The smallest absolute Gasteiger partial charge is 0.258 e. The lowest BCUT2D eigenvalue weighted by atomic mass is 10.1. The molecule has 1 aromatic carbocycles. The molecule has 0 amide bonds. The van der Waals surface area contributed by atoms with E-state index in [0.717, 1.165) is 24.1 Å². The highest BCUT2D eigenvalue weighted by molar-refractivity contribution is 5.50. The number of rotatable bonds is 3. The topological polar surface area (TPSA) is 97.6 Å². The molecule has 0 N–H and O–H groups in total. The Labute approximate surface area is 114 Å². The summed E-state index contributed by atoms with van der Waals surface area (Å²) in [6, 6.07) is 6.64. The largest absolute Gasteiger partial charge is 0.271 e. The first-order chi connectivity index (χ1) is 9.61. The van der Waals surface area contributed by atoms with Crippen molar-refractivity contribution >= 4 is 5.69 Å². The molecular formula is C13H11N5O2. The zero-order chi connectivity index (χ0) is 14.3. The third-order valence-corrected chi connectivity index (χ3v) is 3.41. The van der Waals surface area contributed by atoms with Crippen LogP contribution >= 0.6 is 0 Å². The summed E-state index contributed by atoms with van der Waals surface area (Å²) in [4.78, 5) is 10.5. The van der Waals surface area contributed by atoms with Crippen molar-refractivity contribution in [1.82, 2.24) is 15.0 Å². The minimum absolute atomic E-state index is 0.00125. The molecule has 1 saturated carbocycles. The molecule has 3 rings (SSSR count). The molecule has 7 nitrogen and oxygen atoms in total. The van der Waals surface area contributed by atoms with Crippen LogP contribution in [-0.2, 0) is 0 Å². The van der Waals surface area contributed by atoms with Gasteiger partial charge in [0.15, 0.2) is 5.69 Å². The van der Waals surface area contributed by atoms with Crippen LogP contribution in [0.2, 0.25) is 0 Å². The van der Waals surface area contributed by atoms with Crippen LogP contribution < -0.4 is 0 Å². The first-order valence-electron chi connectivity index (χ1n) is 6.23. The van der Waals surface area contributed by atoms with E-state index >= 15 is 0 Å². The first-order valence-corrected chi connectivity index (χ1v) is 6.23. The van der Waals surface area contributed by atoms with Gasteiger partial charge >= 0.3 is 0 Å². The Morgan fingerprint density at radius 2 is 2.25 bits per heavy atom. The number of nitro groups is 1. The summed E-state index contributed by atoms with van der Waals surface area (Å²) < 4.78 is 1.57. The summed E-state index contributed by atoms with van der Waals surface area (Å²) >= 11 is 0. The molecule has 0 bridgehead atoms. The standard InChI is InChI=1S/C13H11N5O2/c1-8-2-5-10(18(19)20)6-12(8)17-13(9-3-4-9)11(7-14)15-16-17/h2,5-6,9H,3-4H2,1H3. The molecule has 2 aromatic rings. The summed E-state index contributed by atoms with van der Waals surface area (Å²) in [6.07, 6.45) is 1.99. The third kappa shape index (κ3) is 1.91. The highest BCUT2D eigenvalue weighted by Crippen LogP contribution is 2.42. The lowest BCUT2D eigenvalue weighted by Crippen LogP contribution is -2.05. The number of nitrogens with zero attached hydrogens (tertiary/aromatic N) is 5. The van der Waals surface area contributed by atoms with E-state index in [2.05, 4.69) is 10.3 Å². The number of aromatic nitrogens is 3. The van der Waals surface area contributed by atoms with E-state index in [9.17, 15) is 10.1 Å². The molecule has 0 unspecified atom stereocenters. The second-order valence-corrected chi connectivity index (χ2v) is 4.85. The first kappa shape index (κ1) is 12.3. The molecule has 1 heterocycles. The van der Waals surface area contributed by atoms with E-state index in [1.165, 1.54) is 12.1 Å². The van der Waals surface area contributed by atoms with Gasteiger partial charge in [0.1, 0.15) is 6.07 Å². The van der Waals surface area contributed by atoms with E-state index < -0.39 is 4.92 Å². The van der Waals surface area contributed by atoms with Gasteiger partial charge in [0.25, 0.3) is 5.69 Å². The molecule has 0 aliphatic heterocycles. The van der Waals surface area contributed by atoms with Crippen molar-refractivity contribution < 1.29 is 4.92 Å². The van der Waals surface area contributed by atoms with Crippen LogP contribution in [0.25, 0.3) is 5.69 Å². The fourth-order valence-electron chi connectivity index (χ4n) is 2.21. The Hall–Kier alpha value is -2.75. The molecule has 20 heavy (non-hydrogen) atoms. The van der Waals surface area contributed by atoms with Crippen LogP contribution in [0.15, 0.2) is 18.2 Å². The van der Waals surface area contributed by atoms with Crippen molar-refractivity contribution in [2.45, 2.75) is 25.7 Å². The van der Waals surface area contributed by atoms with Gasteiger partial charge in [-0.05, 0) is 25.3 Å². The molecule has 1 fully saturated rings. The van der Waals surface area contributed by atoms with Gasteiger partial charge in [-0.1, -0.05) is 11.3 Å². The number of non-ortho nitro benzene ring substituents is 1. The molecule has 0 atom stereocenters. The third-order valence-electron chi connectivity index (χ3n) is 3.41. The fourth-order valence-corrected chi connectivity index (χ4v) is 2.21. The second-order valence-electron chi connectivity index (χ2n) is 4.85. The van der Waals surface area contributed by atoms with Crippen LogP contribution in [0.1, 0.15) is 35.7 Å². The highest BCUT2D eigenvalue weighted by atomic mass is 16.6. The van der Waals surface area contributed by atoms with Gasteiger partial charge in [-0.3, -0.25) is 10.1 Å². The summed E-state index contributed by atoms with van der Waals surface area (Å²) in [5, 5.41) is 27.9. The fraction of sp³-hybridized carbons (Fsp3) is 0.308. The molecule has 1 aromatic heterocycles. The van der Waals surface area contributed by atoms with Crippen molar-refractivity contribution in [3.8, 4) is 11.8 Å². The quantitative estimate of drug-likeness (QED) is 0.628. The molecule has 7 heteroatoms. The summed E-state index contributed by atoms with van der Waals surface area (Å²) in [5.41, 5.74) is 2.53. The Morgan fingerprint density at radius 3 is 2.85 bits per heavy atom. The zero-order valence-corrected chi connectivity index (χ0v) is 10.8. The average molecular weight is 269 g/mol. The van der Waals surface area contributed by atoms with Crippen molar-refractivity contribution in [3.05, 3.63) is 45.3 Å². The van der Waals surface area contributed by atoms with Crippen molar-refractivity contribution in [1.29, 1.82) is 5.26 Å². The number of nitriles is 1. The predicted molar refractivity (Wildman–Crippen MR) is 69.4 cm³/mol. The van der Waals surface area contributed by atoms with Gasteiger partial charge in [-0.15, -0.1) is 5.10 Å². The highest BCUT2D eigenvalue weighted by Gasteiger charge is 2.32. The molecule has 1 aliphatic carbocycles. The van der Waals surface area contributed by atoms with Gasteiger partial charge in [0, 0.05) is 18.1 Å². The van der Waals surface area contributed by atoms with Crippen molar-refractivity contribution in [2.75, 3.05) is 0 Å². The van der Waals surface area contributed by atoms with E-state index in [0.29, 0.717) is 11.4 Å². The molecule has 0 spiro atoms. The van der Waals surface area contributed by atoms with E-state index in [-0.39, 0.29) is 11.6 Å². The minimum Gasteiger partial charge on any atom is -0.258 e. The van der Waals surface area contributed by atoms with Crippen LogP contribution in [0.4, 0.5) is 5.69 Å². The SMILES string of the molecule is Cc1ccc([N+](=O)[O-])cc1-n1nnc(C#N)c1C1CC1. The van der Waals surface area contributed by atoms with Crippen LogP contribution in [0, 0.1) is 28.4 Å². The van der Waals surface area contributed by atoms with Crippen LogP contribution in [-0.4, -0.2) is 19.9 Å².